The standard InChI is InChI=1S/C13H18ClFN2O2/c1-3-10(19-4-2)8-16-13(18)17-12-6-5-9(14)7-11(12)15/h5-7,10H,3-4,8H2,1-2H3,(H2,16,17,18). The first-order valence-electron chi connectivity index (χ1n) is 6.18. The molecule has 0 fully saturated rings. The van der Waals surface area contributed by atoms with Gasteiger partial charge >= 0.3 is 6.03 Å². The van der Waals surface area contributed by atoms with E-state index in [0.717, 1.165) is 12.5 Å². The Kier molecular flexibility index (Phi) is 6.59. The number of hydrogen-bond donors (Lipinski definition) is 2. The second-order valence-electron chi connectivity index (χ2n) is 3.94. The van der Waals surface area contributed by atoms with Crippen LogP contribution in [0, 0.1) is 5.82 Å². The summed E-state index contributed by atoms with van der Waals surface area (Å²) < 4.78 is 18.8. The predicted octanol–water partition coefficient (Wildman–Crippen LogP) is 3.42. The summed E-state index contributed by atoms with van der Waals surface area (Å²) >= 11 is 5.62. The number of halogens is 2. The van der Waals surface area contributed by atoms with Crippen molar-refractivity contribution in [2.24, 2.45) is 0 Å². The van der Waals surface area contributed by atoms with Gasteiger partial charge in [0.25, 0.3) is 0 Å². The zero-order chi connectivity index (χ0) is 14.3. The summed E-state index contributed by atoms with van der Waals surface area (Å²) in [5.41, 5.74) is 0.0892. The number of rotatable bonds is 6. The van der Waals surface area contributed by atoms with E-state index in [4.69, 9.17) is 16.3 Å². The van der Waals surface area contributed by atoms with E-state index in [-0.39, 0.29) is 16.8 Å². The van der Waals surface area contributed by atoms with Crippen LogP contribution in [-0.4, -0.2) is 25.3 Å². The SMILES string of the molecule is CCOC(CC)CNC(=O)Nc1ccc(Cl)cc1F. The molecule has 0 aliphatic rings. The Morgan fingerprint density at radius 3 is 2.79 bits per heavy atom. The molecule has 0 saturated heterocycles. The van der Waals surface area contributed by atoms with Gasteiger partial charge in [0.15, 0.2) is 0 Å². The smallest absolute Gasteiger partial charge is 0.319 e. The van der Waals surface area contributed by atoms with Crippen molar-refractivity contribution in [2.45, 2.75) is 26.4 Å². The van der Waals surface area contributed by atoms with Crippen LogP contribution in [0.25, 0.3) is 0 Å². The number of nitrogens with one attached hydrogen (secondary N) is 2. The fourth-order valence-corrected chi connectivity index (χ4v) is 1.68. The van der Waals surface area contributed by atoms with Gasteiger partial charge < -0.3 is 15.4 Å². The maximum absolute atomic E-state index is 13.4. The van der Waals surface area contributed by atoms with Gasteiger partial charge in [-0.15, -0.1) is 0 Å². The number of anilines is 1. The molecular weight excluding hydrogens is 271 g/mol. The van der Waals surface area contributed by atoms with Crippen LogP contribution >= 0.6 is 11.6 Å². The van der Waals surface area contributed by atoms with Crippen molar-refractivity contribution < 1.29 is 13.9 Å². The summed E-state index contributed by atoms with van der Waals surface area (Å²) in [5, 5.41) is 5.34. The van der Waals surface area contributed by atoms with Gasteiger partial charge in [-0.1, -0.05) is 18.5 Å². The zero-order valence-corrected chi connectivity index (χ0v) is 11.8. The molecule has 0 radical (unpaired) electrons. The summed E-state index contributed by atoms with van der Waals surface area (Å²) in [5.74, 6) is -0.570. The lowest BCUT2D eigenvalue weighted by Gasteiger charge is -2.16. The lowest BCUT2D eigenvalue weighted by atomic mass is 10.3. The minimum atomic E-state index is -0.570. The average Bonchev–Trinajstić information content (AvgIpc) is 2.38. The molecule has 106 valence electrons. The molecule has 0 bridgehead atoms. The van der Waals surface area contributed by atoms with Crippen LogP contribution in [0.1, 0.15) is 20.3 Å². The molecule has 0 saturated carbocycles. The highest BCUT2D eigenvalue weighted by molar-refractivity contribution is 6.30. The van der Waals surface area contributed by atoms with Crippen LogP contribution in [0.5, 0.6) is 0 Å². The minimum absolute atomic E-state index is 0.0363. The summed E-state index contributed by atoms with van der Waals surface area (Å²) in [7, 11) is 0. The van der Waals surface area contributed by atoms with Crippen LogP contribution in [0.4, 0.5) is 14.9 Å². The Balaban J connectivity index is 2.46. The molecule has 1 rings (SSSR count). The molecule has 19 heavy (non-hydrogen) atoms. The second kappa shape index (κ2) is 7.96. The number of urea groups is 1. The highest BCUT2D eigenvalue weighted by Crippen LogP contribution is 2.18. The van der Waals surface area contributed by atoms with E-state index in [0.29, 0.717) is 13.2 Å². The first kappa shape index (κ1) is 15.7. The van der Waals surface area contributed by atoms with E-state index in [1.54, 1.807) is 0 Å². The van der Waals surface area contributed by atoms with Crippen molar-refractivity contribution in [1.29, 1.82) is 0 Å². The Labute approximate surface area is 117 Å². The van der Waals surface area contributed by atoms with E-state index in [2.05, 4.69) is 10.6 Å². The van der Waals surface area contributed by atoms with Crippen molar-refractivity contribution in [2.75, 3.05) is 18.5 Å². The third-order valence-corrected chi connectivity index (χ3v) is 2.76. The first-order chi connectivity index (χ1) is 9.06. The summed E-state index contributed by atoms with van der Waals surface area (Å²) in [6.45, 7) is 4.84. The Morgan fingerprint density at radius 2 is 2.21 bits per heavy atom. The van der Waals surface area contributed by atoms with Gasteiger partial charge in [0.1, 0.15) is 5.82 Å². The van der Waals surface area contributed by atoms with Gasteiger partial charge in [-0.2, -0.15) is 0 Å². The molecule has 0 aliphatic carbocycles. The quantitative estimate of drug-likeness (QED) is 0.843. The Morgan fingerprint density at radius 1 is 1.47 bits per heavy atom. The normalized spacial score (nSPS) is 12.0. The molecule has 0 aliphatic heterocycles. The fraction of sp³-hybridized carbons (Fsp3) is 0.462. The van der Waals surface area contributed by atoms with Crippen LogP contribution in [0.2, 0.25) is 5.02 Å². The fourth-order valence-electron chi connectivity index (χ4n) is 1.52. The van der Waals surface area contributed by atoms with Crippen molar-refractivity contribution in [3.05, 3.63) is 29.0 Å². The van der Waals surface area contributed by atoms with Gasteiger partial charge in [-0.25, -0.2) is 9.18 Å². The Bertz CT molecular complexity index is 429. The maximum atomic E-state index is 13.4. The number of carbonyl (C=O) groups is 1. The summed E-state index contributed by atoms with van der Waals surface area (Å²) in [6.07, 6.45) is 0.759. The summed E-state index contributed by atoms with van der Waals surface area (Å²) in [6, 6.07) is 3.60. The first-order valence-corrected chi connectivity index (χ1v) is 6.56. The van der Waals surface area contributed by atoms with Crippen LogP contribution in [0.15, 0.2) is 18.2 Å². The molecule has 1 atom stereocenters. The molecule has 2 amide bonds. The molecule has 0 aromatic heterocycles. The van der Waals surface area contributed by atoms with E-state index < -0.39 is 11.8 Å². The number of benzene rings is 1. The molecular formula is C13H18ClFN2O2. The van der Waals surface area contributed by atoms with Gasteiger partial charge in [0.05, 0.1) is 11.8 Å². The van der Waals surface area contributed by atoms with Crippen LogP contribution < -0.4 is 10.6 Å². The highest BCUT2D eigenvalue weighted by atomic mass is 35.5. The Hall–Kier alpha value is -1.33. The van der Waals surface area contributed by atoms with Crippen molar-refractivity contribution in [1.82, 2.24) is 5.32 Å². The topological polar surface area (TPSA) is 50.4 Å². The average molecular weight is 289 g/mol. The van der Waals surface area contributed by atoms with Gasteiger partial charge in [-0.3, -0.25) is 0 Å². The highest BCUT2D eigenvalue weighted by Gasteiger charge is 2.10. The third-order valence-electron chi connectivity index (χ3n) is 2.53. The molecule has 0 heterocycles. The third kappa shape index (κ3) is 5.44. The minimum Gasteiger partial charge on any atom is -0.377 e. The number of ether oxygens (including phenoxy) is 1. The lowest BCUT2D eigenvalue weighted by Crippen LogP contribution is -2.36. The van der Waals surface area contributed by atoms with Crippen LogP contribution in [0.3, 0.4) is 0 Å². The number of amides is 2. The monoisotopic (exact) mass is 288 g/mol. The molecule has 1 unspecified atom stereocenters. The number of hydrogen-bond acceptors (Lipinski definition) is 2. The van der Waals surface area contributed by atoms with Crippen molar-refractivity contribution in [3.8, 4) is 0 Å². The van der Waals surface area contributed by atoms with Crippen molar-refractivity contribution >= 4 is 23.3 Å². The molecule has 2 N–H and O–H groups in total. The zero-order valence-electron chi connectivity index (χ0n) is 11.0. The number of carbonyl (C=O) groups excluding carboxylic acids is 1. The van der Waals surface area contributed by atoms with E-state index >= 15 is 0 Å². The summed E-state index contributed by atoms with van der Waals surface area (Å²) in [4.78, 5) is 11.6. The molecule has 1 aromatic rings. The van der Waals surface area contributed by atoms with E-state index in [9.17, 15) is 9.18 Å². The van der Waals surface area contributed by atoms with Gasteiger partial charge in [-0.05, 0) is 31.5 Å². The molecule has 6 heteroatoms. The van der Waals surface area contributed by atoms with E-state index in [1.165, 1.54) is 12.1 Å². The van der Waals surface area contributed by atoms with Crippen LogP contribution in [-0.2, 0) is 4.74 Å². The van der Waals surface area contributed by atoms with Gasteiger partial charge in [0.2, 0.25) is 0 Å². The molecule has 4 nitrogen and oxygen atoms in total. The second-order valence-corrected chi connectivity index (χ2v) is 4.38. The predicted molar refractivity (Wildman–Crippen MR) is 74.1 cm³/mol. The molecule has 1 aromatic carbocycles. The lowest BCUT2D eigenvalue weighted by molar-refractivity contribution is 0.0622. The molecule has 0 spiro atoms. The largest absolute Gasteiger partial charge is 0.377 e. The van der Waals surface area contributed by atoms with Crippen molar-refractivity contribution in [3.63, 3.8) is 0 Å². The maximum Gasteiger partial charge on any atom is 0.319 e. The van der Waals surface area contributed by atoms with Gasteiger partial charge in [0, 0.05) is 18.2 Å². The van der Waals surface area contributed by atoms with E-state index in [1.807, 2.05) is 13.8 Å².